The average Bonchev–Trinajstić information content (AvgIpc) is 3.26. The predicted molar refractivity (Wildman–Crippen MR) is 106 cm³/mol. The molecule has 2 heterocycles. The number of hydrogen-bond donors (Lipinski definition) is 1. The Bertz CT molecular complexity index is 921. The van der Waals surface area contributed by atoms with E-state index in [2.05, 4.69) is 37.9 Å². The summed E-state index contributed by atoms with van der Waals surface area (Å²) < 4.78 is 5.00. The van der Waals surface area contributed by atoms with Gasteiger partial charge in [-0.15, -0.1) is 11.3 Å². The molecule has 128 valence electrons. The summed E-state index contributed by atoms with van der Waals surface area (Å²) in [6.45, 7) is 0. The third-order valence-electron chi connectivity index (χ3n) is 3.74. The van der Waals surface area contributed by atoms with E-state index in [0.29, 0.717) is 10.9 Å². The fourth-order valence-electron chi connectivity index (χ4n) is 2.62. The van der Waals surface area contributed by atoms with E-state index in [9.17, 15) is 4.79 Å². The van der Waals surface area contributed by atoms with E-state index < -0.39 is 0 Å². The summed E-state index contributed by atoms with van der Waals surface area (Å²) in [5.41, 5.74) is 3.53. The first-order chi connectivity index (χ1) is 12.2. The molecule has 1 amide bonds. The Kier molecular flexibility index (Phi) is 5.07. The lowest BCUT2D eigenvalue weighted by Gasteiger charge is -2.13. The van der Waals surface area contributed by atoms with Gasteiger partial charge in [0.15, 0.2) is 9.47 Å². The molecular weight excluding hydrogens is 392 g/mol. The molecule has 0 saturated carbocycles. The summed E-state index contributed by atoms with van der Waals surface area (Å²) in [7, 11) is 0. The van der Waals surface area contributed by atoms with Crippen molar-refractivity contribution in [1.82, 2.24) is 14.3 Å². The van der Waals surface area contributed by atoms with E-state index in [4.69, 9.17) is 0 Å². The van der Waals surface area contributed by atoms with Crippen LogP contribution in [0, 0.1) is 0 Å². The zero-order chi connectivity index (χ0) is 17.2. The fraction of sp³-hybridized carbons (Fsp3) is 0.250. The van der Waals surface area contributed by atoms with E-state index in [1.807, 2.05) is 12.3 Å². The number of rotatable bonds is 5. The second-order valence-corrected chi connectivity index (χ2v) is 9.16. The normalized spacial score (nSPS) is 12.5. The first kappa shape index (κ1) is 17.0. The number of fused-ring (bicyclic) bond motifs is 3. The molecule has 0 atom stereocenters. The third kappa shape index (κ3) is 3.74. The molecule has 5 nitrogen and oxygen atoms in total. The molecule has 1 aromatic carbocycles. The van der Waals surface area contributed by atoms with Gasteiger partial charge in [-0.3, -0.25) is 4.79 Å². The van der Waals surface area contributed by atoms with Crippen molar-refractivity contribution in [3.05, 3.63) is 34.7 Å². The quantitative estimate of drug-likeness (QED) is 0.640. The van der Waals surface area contributed by atoms with Crippen LogP contribution in [0.5, 0.6) is 0 Å². The zero-order valence-corrected chi connectivity index (χ0v) is 16.6. The van der Waals surface area contributed by atoms with Crippen LogP contribution >= 0.6 is 46.4 Å². The maximum atomic E-state index is 12.2. The van der Waals surface area contributed by atoms with Gasteiger partial charge in [0.05, 0.1) is 11.4 Å². The number of hydrogen-bond acceptors (Lipinski definition) is 8. The number of carbonyl (C=O) groups excluding carboxylic acids is 1. The molecule has 0 saturated heterocycles. The smallest absolute Gasteiger partial charge is 0.236 e. The van der Waals surface area contributed by atoms with Gasteiger partial charge in [-0.05, 0) is 36.2 Å². The highest BCUT2D eigenvalue weighted by atomic mass is 32.2. The molecule has 2 aromatic heterocycles. The molecular formula is C16H14N4OS4. The maximum Gasteiger partial charge on any atom is 0.236 e. The number of amides is 1. The SMILES string of the molecule is CSc1nsc(SCC(=O)Nc2nc3c(s2)CCc2ccccc2-3)n1. The number of aromatic nitrogens is 3. The first-order valence-corrected chi connectivity index (χ1v) is 11.4. The molecule has 9 heteroatoms. The maximum absolute atomic E-state index is 12.2. The van der Waals surface area contributed by atoms with E-state index in [0.717, 1.165) is 28.0 Å². The number of nitrogens with zero attached hydrogens (tertiary/aromatic N) is 3. The van der Waals surface area contributed by atoms with Crippen molar-refractivity contribution in [3.63, 3.8) is 0 Å². The highest BCUT2D eigenvalue weighted by molar-refractivity contribution is 8.01. The lowest BCUT2D eigenvalue weighted by molar-refractivity contribution is -0.113. The Morgan fingerprint density at radius 3 is 3.00 bits per heavy atom. The molecule has 4 rings (SSSR count). The molecule has 0 radical (unpaired) electrons. The van der Waals surface area contributed by atoms with Gasteiger partial charge in [0.1, 0.15) is 0 Å². The van der Waals surface area contributed by atoms with Crippen LogP contribution in [0.25, 0.3) is 11.3 Å². The Morgan fingerprint density at radius 1 is 1.28 bits per heavy atom. The van der Waals surface area contributed by atoms with Crippen LogP contribution in [0.4, 0.5) is 5.13 Å². The number of nitrogens with one attached hydrogen (secondary N) is 1. The van der Waals surface area contributed by atoms with Gasteiger partial charge < -0.3 is 5.32 Å². The Labute approximate surface area is 161 Å². The van der Waals surface area contributed by atoms with E-state index in [-0.39, 0.29) is 5.91 Å². The van der Waals surface area contributed by atoms with Crippen molar-refractivity contribution in [2.45, 2.75) is 22.3 Å². The van der Waals surface area contributed by atoms with Crippen LogP contribution in [-0.2, 0) is 17.6 Å². The minimum Gasteiger partial charge on any atom is -0.301 e. The van der Waals surface area contributed by atoms with Crippen molar-refractivity contribution < 1.29 is 4.79 Å². The van der Waals surface area contributed by atoms with Gasteiger partial charge in [-0.1, -0.05) is 47.8 Å². The van der Waals surface area contributed by atoms with Crippen molar-refractivity contribution in [3.8, 4) is 11.3 Å². The number of thioether (sulfide) groups is 2. The molecule has 0 aliphatic heterocycles. The van der Waals surface area contributed by atoms with Crippen molar-refractivity contribution >= 4 is 57.4 Å². The Balaban J connectivity index is 1.42. The molecule has 1 aliphatic rings. The zero-order valence-electron chi connectivity index (χ0n) is 13.3. The van der Waals surface area contributed by atoms with E-state index in [1.165, 1.54) is 51.1 Å². The number of carbonyl (C=O) groups is 1. The molecule has 1 N–H and O–H groups in total. The molecule has 0 spiro atoms. The van der Waals surface area contributed by atoms with Gasteiger partial charge in [0.25, 0.3) is 0 Å². The molecule has 25 heavy (non-hydrogen) atoms. The minimum absolute atomic E-state index is 0.0646. The molecule has 1 aliphatic carbocycles. The minimum atomic E-state index is -0.0646. The first-order valence-electron chi connectivity index (χ1n) is 7.61. The fourth-order valence-corrected chi connectivity index (χ4v) is 5.62. The van der Waals surface area contributed by atoms with Crippen molar-refractivity contribution in [1.29, 1.82) is 0 Å². The summed E-state index contributed by atoms with van der Waals surface area (Å²) in [6, 6.07) is 8.35. The predicted octanol–water partition coefficient (Wildman–Crippen LogP) is 4.21. The van der Waals surface area contributed by atoms with Crippen LogP contribution in [0.3, 0.4) is 0 Å². The second-order valence-electron chi connectivity index (χ2n) is 5.33. The van der Waals surface area contributed by atoms with Crippen molar-refractivity contribution in [2.24, 2.45) is 0 Å². The number of benzene rings is 1. The summed E-state index contributed by atoms with van der Waals surface area (Å²) in [6.07, 6.45) is 3.95. The van der Waals surface area contributed by atoms with Gasteiger partial charge in [0, 0.05) is 10.4 Å². The van der Waals surface area contributed by atoms with Gasteiger partial charge >= 0.3 is 0 Å². The molecule has 0 fully saturated rings. The van der Waals surface area contributed by atoms with Crippen LogP contribution in [0.1, 0.15) is 10.4 Å². The third-order valence-corrected chi connectivity index (χ3v) is 7.26. The highest BCUT2D eigenvalue weighted by Gasteiger charge is 2.21. The molecule has 0 bridgehead atoms. The second kappa shape index (κ2) is 7.45. The summed E-state index contributed by atoms with van der Waals surface area (Å²) in [4.78, 5) is 22.4. The Morgan fingerprint density at radius 2 is 2.16 bits per heavy atom. The standard InChI is InChI=1S/C16H14N4OS4/c1-22-15-19-16(25-20-15)23-8-12(21)17-14-18-13-10-5-3-2-4-9(10)6-7-11(13)24-14/h2-5H,6-8H2,1H3,(H,17,18,21). The molecule has 0 unspecified atom stereocenters. The van der Waals surface area contributed by atoms with Crippen LogP contribution in [0.2, 0.25) is 0 Å². The lowest BCUT2D eigenvalue weighted by Crippen LogP contribution is -2.13. The van der Waals surface area contributed by atoms with Crippen LogP contribution < -0.4 is 5.32 Å². The molecule has 3 aromatic rings. The number of anilines is 1. The lowest BCUT2D eigenvalue weighted by atomic mass is 9.94. The van der Waals surface area contributed by atoms with E-state index in [1.54, 1.807) is 11.3 Å². The van der Waals surface area contributed by atoms with Gasteiger partial charge in [-0.2, -0.15) is 4.37 Å². The Hall–Kier alpha value is -1.42. The topological polar surface area (TPSA) is 67.8 Å². The number of thiazole rings is 1. The van der Waals surface area contributed by atoms with Gasteiger partial charge in [-0.25, -0.2) is 9.97 Å². The number of aryl methyl sites for hydroxylation is 2. The summed E-state index contributed by atoms with van der Waals surface area (Å²) >= 11 is 5.81. The van der Waals surface area contributed by atoms with Crippen LogP contribution in [0.15, 0.2) is 33.8 Å². The summed E-state index contributed by atoms with van der Waals surface area (Å²) in [5.74, 6) is 0.245. The van der Waals surface area contributed by atoms with E-state index >= 15 is 0 Å². The monoisotopic (exact) mass is 406 g/mol. The average molecular weight is 407 g/mol. The van der Waals surface area contributed by atoms with Gasteiger partial charge in [0.2, 0.25) is 11.1 Å². The summed E-state index contributed by atoms with van der Waals surface area (Å²) in [5, 5.41) is 4.34. The largest absolute Gasteiger partial charge is 0.301 e. The van der Waals surface area contributed by atoms with Crippen molar-refractivity contribution in [2.75, 3.05) is 17.3 Å². The highest BCUT2D eigenvalue weighted by Crippen LogP contribution is 2.38. The van der Waals surface area contributed by atoms with Crippen LogP contribution in [-0.4, -0.2) is 32.3 Å².